The van der Waals surface area contributed by atoms with Gasteiger partial charge >= 0.3 is 0 Å². The van der Waals surface area contributed by atoms with Crippen LogP contribution >= 0.6 is 0 Å². The third kappa shape index (κ3) is 2.20. The Balaban J connectivity index is 1.92. The summed E-state index contributed by atoms with van der Waals surface area (Å²) in [5.41, 5.74) is 6.54. The highest BCUT2D eigenvalue weighted by Gasteiger charge is 2.39. The first-order valence-electron chi connectivity index (χ1n) is 9.09. The van der Waals surface area contributed by atoms with Crippen LogP contribution in [0, 0.1) is 6.92 Å². The number of benzene rings is 2. The van der Waals surface area contributed by atoms with Crippen LogP contribution in [-0.4, -0.2) is 18.3 Å². The monoisotopic (exact) mass is 318 g/mol. The highest BCUT2D eigenvalue weighted by molar-refractivity contribution is 5.74. The average molecular weight is 318 g/mol. The molecule has 0 bridgehead atoms. The molecule has 0 spiro atoms. The van der Waals surface area contributed by atoms with E-state index in [4.69, 9.17) is 4.99 Å². The van der Waals surface area contributed by atoms with E-state index >= 15 is 0 Å². The third-order valence-corrected chi connectivity index (χ3v) is 6.12. The van der Waals surface area contributed by atoms with Crippen molar-refractivity contribution in [1.29, 1.82) is 0 Å². The van der Waals surface area contributed by atoms with Crippen LogP contribution in [0.1, 0.15) is 60.8 Å². The fraction of sp³-hybridized carbons (Fsp3) is 0.409. The Labute approximate surface area is 145 Å². The molecule has 1 aliphatic heterocycles. The Hall–Kier alpha value is -2.09. The zero-order valence-electron chi connectivity index (χ0n) is 14.9. The molecule has 2 nitrogen and oxygen atoms in total. The minimum atomic E-state index is -0.170. The van der Waals surface area contributed by atoms with Crippen molar-refractivity contribution in [2.45, 2.75) is 51.0 Å². The molecule has 0 radical (unpaired) electrons. The SMILES string of the molecule is Cc1ccccc1C1(C)c2cccc(C3CCCC3)c2N=CN1C. The van der Waals surface area contributed by atoms with E-state index in [2.05, 4.69) is 68.3 Å². The number of para-hydroxylation sites is 1. The van der Waals surface area contributed by atoms with Crippen molar-refractivity contribution in [3.05, 3.63) is 64.7 Å². The minimum Gasteiger partial charge on any atom is -0.352 e. The maximum absolute atomic E-state index is 4.87. The predicted molar refractivity (Wildman–Crippen MR) is 101 cm³/mol. The summed E-state index contributed by atoms with van der Waals surface area (Å²) >= 11 is 0. The Morgan fingerprint density at radius 1 is 1.00 bits per heavy atom. The predicted octanol–water partition coefficient (Wildman–Crippen LogP) is 5.52. The molecule has 2 aromatic carbocycles. The summed E-state index contributed by atoms with van der Waals surface area (Å²) in [6.07, 6.45) is 7.35. The molecule has 0 saturated heterocycles. The smallest absolute Gasteiger partial charge is 0.0919 e. The molecule has 0 amide bonds. The van der Waals surface area contributed by atoms with E-state index in [0.717, 1.165) is 0 Å². The molecule has 0 aromatic heterocycles. The number of nitrogens with zero attached hydrogens (tertiary/aromatic N) is 2. The maximum Gasteiger partial charge on any atom is 0.0919 e. The molecule has 0 N–H and O–H groups in total. The molecule has 1 atom stereocenters. The van der Waals surface area contributed by atoms with Gasteiger partial charge in [-0.2, -0.15) is 0 Å². The summed E-state index contributed by atoms with van der Waals surface area (Å²) in [4.78, 5) is 7.13. The molecule has 4 rings (SSSR count). The highest BCUT2D eigenvalue weighted by atomic mass is 15.2. The van der Waals surface area contributed by atoms with Gasteiger partial charge in [-0.25, -0.2) is 4.99 Å². The first kappa shape index (κ1) is 15.4. The lowest BCUT2D eigenvalue weighted by atomic mass is 9.78. The molecule has 2 heteroatoms. The number of rotatable bonds is 2. The fourth-order valence-corrected chi connectivity index (χ4v) is 4.57. The number of hydrogen-bond donors (Lipinski definition) is 0. The Kier molecular flexibility index (Phi) is 3.71. The standard InChI is InChI=1S/C22H26N2/c1-16-9-4-7-13-19(16)22(2)20-14-8-12-18(17-10-5-6-11-17)21(20)23-15-24(22)3/h4,7-9,12-15,17H,5-6,10-11H2,1-3H3. The van der Waals surface area contributed by atoms with Crippen LogP contribution in [0.25, 0.3) is 0 Å². The van der Waals surface area contributed by atoms with Gasteiger partial charge in [0, 0.05) is 12.6 Å². The number of aryl methyl sites for hydroxylation is 1. The number of hydrogen-bond acceptors (Lipinski definition) is 2. The molecular formula is C22H26N2. The van der Waals surface area contributed by atoms with Crippen molar-refractivity contribution in [2.24, 2.45) is 4.99 Å². The van der Waals surface area contributed by atoms with Crippen LogP contribution in [0.5, 0.6) is 0 Å². The molecule has 1 unspecified atom stereocenters. The first-order chi connectivity index (χ1) is 11.6. The highest BCUT2D eigenvalue weighted by Crippen LogP contribution is 2.48. The topological polar surface area (TPSA) is 15.6 Å². The van der Waals surface area contributed by atoms with Crippen LogP contribution in [0.3, 0.4) is 0 Å². The zero-order chi connectivity index (χ0) is 16.7. The lowest BCUT2D eigenvalue weighted by Gasteiger charge is -2.43. The average Bonchev–Trinajstić information content (AvgIpc) is 3.12. The van der Waals surface area contributed by atoms with Crippen molar-refractivity contribution in [3.63, 3.8) is 0 Å². The van der Waals surface area contributed by atoms with Gasteiger partial charge < -0.3 is 4.90 Å². The quantitative estimate of drug-likeness (QED) is 0.711. The molecule has 2 aromatic rings. The summed E-state index contributed by atoms with van der Waals surface area (Å²) in [7, 11) is 2.14. The van der Waals surface area contributed by atoms with Gasteiger partial charge in [-0.1, -0.05) is 55.3 Å². The molecule has 24 heavy (non-hydrogen) atoms. The summed E-state index contributed by atoms with van der Waals surface area (Å²) in [5.74, 6) is 0.682. The van der Waals surface area contributed by atoms with Crippen LogP contribution in [0.4, 0.5) is 5.69 Å². The van der Waals surface area contributed by atoms with Gasteiger partial charge in [0.1, 0.15) is 0 Å². The van der Waals surface area contributed by atoms with E-state index in [1.54, 1.807) is 0 Å². The van der Waals surface area contributed by atoms with Crippen molar-refractivity contribution in [2.75, 3.05) is 7.05 Å². The van der Waals surface area contributed by atoms with Gasteiger partial charge in [0.2, 0.25) is 0 Å². The maximum atomic E-state index is 4.87. The van der Waals surface area contributed by atoms with Gasteiger partial charge in [-0.05, 0) is 49.3 Å². The Morgan fingerprint density at radius 3 is 2.46 bits per heavy atom. The number of aliphatic imine (C=N–C) groups is 1. The molecule has 2 aliphatic rings. The molecule has 124 valence electrons. The molecule has 1 saturated carbocycles. The molecular weight excluding hydrogens is 292 g/mol. The minimum absolute atomic E-state index is 0.170. The second kappa shape index (κ2) is 5.77. The first-order valence-corrected chi connectivity index (χ1v) is 9.09. The lowest BCUT2D eigenvalue weighted by molar-refractivity contribution is 0.290. The Bertz CT molecular complexity index is 786. The van der Waals surface area contributed by atoms with Gasteiger partial charge in [-0.3, -0.25) is 0 Å². The lowest BCUT2D eigenvalue weighted by Crippen LogP contribution is -2.43. The van der Waals surface area contributed by atoms with Gasteiger partial charge in [0.25, 0.3) is 0 Å². The normalized spacial score (nSPS) is 23.5. The summed E-state index contributed by atoms with van der Waals surface area (Å²) < 4.78 is 0. The Morgan fingerprint density at radius 2 is 1.71 bits per heavy atom. The zero-order valence-corrected chi connectivity index (χ0v) is 14.9. The summed E-state index contributed by atoms with van der Waals surface area (Å²) in [6.45, 7) is 4.54. The van der Waals surface area contributed by atoms with Crippen molar-refractivity contribution >= 4 is 12.0 Å². The van der Waals surface area contributed by atoms with Crippen LogP contribution in [0.2, 0.25) is 0 Å². The molecule has 1 heterocycles. The van der Waals surface area contributed by atoms with Crippen molar-refractivity contribution in [1.82, 2.24) is 4.90 Å². The molecule has 1 fully saturated rings. The van der Waals surface area contributed by atoms with Gasteiger partial charge in [-0.15, -0.1) is 0 Å². The summed E-state index contributed by atoms with van der Waals surface area (Å²) in [6, 6.07) is 15.5. The molecule has 1 aliphatic carbocycles. The van der Waals surface area contributed by atoms with E-state index in [-0.39, 0.29) is 5.54 Å². The van der Waals surface area contributed by atoms with E-state index < -0.39 is 0 Å². The largest absolute Gasteiger partial charge is 0.352 e. The second-order valence-electron chi connectivity index (χ2n) is 7.47. The van der Waals surface area contributed by atoms with Crippen LogP contribution in [-0.2, 0) is 5.54 Å². The van der Waals surface area contributed by atoms with Crippen molar-refractivity contribution < 1.29 is 0 Å². The van der Waals surface area contributed by atoms with Crippen LogP contribution < -0.4 is 0 Å². The van der Waals surface area contributed by atoms with E-state index in [1.807, 2.05) is 6.34 Å². The fourth-order valence-electron chi connectivity index (χ4n) is 4.57. The number of fused-ring (bicyclic) bond motifs is 1. The summed E-state index contributed by atoms with van der Waals surface area (Å²) in [5, 5.41) is 0. The van der Waals surface area contributed by atoms with Crippen molar-refractivity contribution in [3.8, 4) is 0 Å². The second-order valence-corrected chi connectivity index (χ2v) is 7.47. The van der Waals surface area contributed by atoms with E-state index in [1.165, 1.54) is 53.6 Å². The van der Waals surface area contributed by atoms with E-state index in [0.29, 0.717) is 5.92 Å². The van der Waals surface area contributed by atoms with E-state index in [9.17, 15) is 0 Å². The van der Waals surface area contributed by atoms with Gasteiger partial charge in [0.15, 0.2) is 0 Å². The van der Waals surface area contributed by atoms with Gasteiger partial charge in [0.05, 0.1) is 17.6 Å². The third-order valence-electron chi connectivity index (χ3n) is 6.12. The van der Waals surface area contributed by atoms with Crippen LogP contribution in [0.15, 0.2) is 47.5 Å².